The predicted octanol–water partition coefficient (Wildman–Crippen LogP) is 4.33. The van der Waals surface area contributed by atoms with E-state index in [9.17, 15) is 0 Å². The second-order valence-electron chi connectivity index (χ2n) is 7.05. The van der Waals surface area contributed by atoms with Gasteiger partial charge in [-0.1, -0.05) is 61.8 Å². The maximum absolute atomic E-state index is 3.58. The highest BCUT2D eigenvalue weighted by atomic mass is 14.9. The third-order valence-electron chi connectivity index (χ3n) is 4.78. The van der Waals surface area contributed by atoms with E-state index in [0.717, 1.165) is 11.8 Å². The Morgan fingerprint density at radius 2 is 1.44 bits per heavy atom. The molecule has 16 heavy (non-hydrogen) atoms. The summed E-state index contributed by atoms with van der Waals surface area (Å²) < 4.78 is 0. The van der Waals surface area contributed by atoms with Crippen molar-refractivity contribution in [2.24, 2.45) is 22.7 Å². The number of nitrogens with one attached hydrogen (secondary N) is 1. The van der Waals surface area contributed by atoms with Crippen molar-refractivity contribution in [1.29, 1.82) is 0 Å². The number of rotatable bonds is 5. The molecule has 0 bridgehead atoms. The molecule has 0 aliphatic heterocycles. The average Bonchev–Trinajstić information content (AvgIpc) is 2.10. The SMILES string of the molecule is CCC(C(C)C)C(NC)C(C)(C)C(C)(C)C. The van der Waals surface area contributed by atoms with Gasteiger partial charge in [0.25, 0.3) is 0 Å². The lowest BCUT2D eigenvalue weighted by atomic mass is 9.60. The van der Waals surface area contributed by atoms with E-state index in [1.165, 1.54) is 6.42 Å². The van der Waals surface area contributed by atoms with Crippen LogP contribution in [-0.2, 0) is 0 Å². The molecular weight excluding hydrogens is 194 g/mol. The van der Waals surface area contributed by atoms with Gasteiger partial charge in [-0.3, -0.25) is 0 Å². The summed E-state index contributed by atoms with van der Waals surface area (Å²) >= 11 is 0. The number of hydrogen-bond donors (Lipinski definition) is 1. The van der Waals surface area contributed by atoms with Crippen LogP contribution in [0.1, 0.15) is 61.8 Å². The van der Waals surface area contributed by atoms with Crippen LogP contribution in [0.5, 0.6) is 0 Å². The summed E-state index contributed by atoms with van der Waals surface area (Å²) in [4.78, 5) is 0. The third kappa shape index (κ3) is 3.23. The molecule has 2 atom stereocenters. The van der Waals surface area contributed by atoms with Crippen molar-refractivity contribution in [2.45, 2.75) is 67.9 Å². The van der Waals surface area contributed by atoms with Gasteiger partial charge in [-0.15, -0.1) is 0 Å². The molecule has 1 N–H and O–H groups in total. The largest absolute Gasteiger partial charge is 0.316 e. The molecule has 0 aliphatic carbocycles. The standard InChI is InChI=1S/C15H33N/c1-10-12(11(2)3)13(16-9)15(7,8)14(4,5)6/h11-13,16H,10H2,1-9H3. The van der Waals surface area contributed by atoms with Gasteiger partial charge in [0.2, 0.25) is 0 Å². The fraction of sp³-hybridized carbons (Fsp3) is 1.00. The Balaban J connectivity index is 5.11. The Hall–Kier alpha value is -0.0400. The first-order valence-corrected chi connectivity index (χ1v) is 6.76. The van der Waals surface area contributed by atoms with Crippen molar-refractivity contribution < 1.29 is 0 Å². The summed E-state index contributed by atoms with van der Waals surface area (Å²) in [6.07, 6.45) is 1.25. The van der Waals surface area contributed by atoms with Gasteiger partial charge in [0.1, 0.15) is 0 Å². The highest BCUT2D eigenvalue weighted by molar-refractivity contribution is 4.96. The van der Waals surface area contributed by atoms with Crippen molar-refractivity contribution in [2.75, 3.05) is 7.05 Å². The first-order valence-electron chi connectivity index (χ1n) is 6.76. The minimum absolute atomic E-state index is 0.298. The summed E-state index contributed by atoms with van der Waals surface area (Å²) in [7, 11) is 2.11. The monoisotopic (exact) mass is 227 g/mol. The first-order chi connectivity index (χ1) is 7.09. The van der Waals surface area contributed by atoms with Crippen LogP contribution < -0.4 is 5.32 Å². The lowest BCUT2D eigenvalue weighted by molar-refractivity contribution is 0.0370. The average molecular weight is 227 g/mol. The zero-order valence-electron chi connectivity index (χ0n) is 12.9. The Labute approximate surface area is 103 Å². The molecule has 0 radical (unpaired) electrons. The highest BCUT2D eigenvalue weighted by Gasteiger charge is 2.42. The van der Waals surface area contributed by atoms with Gasteiger partial charge in [-0.25, -0.2) is 0 Å². The van der Waals surface area contributed by atoms with Crippen molar-refractivity contribution >= 4 is 0 Å². The fourth-order valence-electron chi connectivity index (χ4n) is 2.67. The van der Waals surface area contributed by atoms with Crippen LogP contribution in [0, 0.1) is 22.7 Å². The van der Waals surface area contributed by atoms with Gasteiger partial charge in [0, 0.05) is 6.04 Å². The zero-order chi connectivity index (χ0) is 13.1. The van der Waals surface area contributed by atoms with Gasteiger partial charge in [-0.05, 0) is 29.7 Å². The molecule has 0 aromatic heterocycles. The van der Waals surface area contributed by atoms with E-state index < -0.39 is 0 Å². The Kier molecular flexibility index (Phi) is 5.52. The van der Waals surface area contributed by atoms with E-state index in [1.807, 2.05) is 0 Å². The summed E-state index contributed by atoms with van der Waals surface area (Å²) in [5.41, 5.74) is 0.621. The molecule has 0 aliphatic rings. The lowest BCUT2D eigenvalue weighted by Crippen LogP contribution is -2.52. The molecule has 2 unspecified atom stereocenters. The van der Waals surface area contributed by atoms with Crippen molar-refractivity contribution in [1.82, 2.24) is 5.32 Å². The van der Waals surface area contributed by atoms with Crippen LogP contribution in [0.3, 0.4) is 0 Å². The highest BCUT2D eigenvalue weighted by Crippen LogP contribution is 2.44. The maximum Gasteiger partial charge on any atom is 0.0151 e. The molecule has 0 saturated heterocycles. The molecular formula is C15H33N. The van der Waals surface area contributed by atoms with E-state index in [4.69, 9.17) is 0 Å². The van der Waals surface area contributed by atoms with E-state index in [1.54, 1.807) is 0 Å². The summed E-state index contributed by atoms with van der Waals surface area (Å²) in [5.74, 6) is 1.49. The Bertz CT molecular complexity index is 198. The van der Waals surface area contributed by atoms with Gasteiger partial charge < -0.3 is 5.32 Å². The van der Waals surface area contributed by atoms with Crippen molar-refractivity contribution in [3.05, 3.63) is 0 Å². The van der Waals surface area contributed by atoms with Crippen LogP contribution >= 0.6 is 0 Å². The zero-order valence-corrected chi connectivity index (χ0v) is 12.9. The van der Waals surface area contributed by atoms with E-state index >= 15 is 0 Å². The van der Waals surface area contributed by atoms with Gasteiger partial charge in [-0.2, -0.15) is 0 Å². The lowest BCUT2D eigenvalue weighted by Gasteiger charge is -2.49. The van der Waals surface area contributed by atoms with Crippen molar-refractivity contribution in [3.8, 4) is 0 Å². The quantitative estimate of drug-likeness (QED) is 0.737. The van der Waals surface area contributed by atoms with E-state index in [2.05, 4.69) is 67.8 Å². The first kappa shape index (κ1) is 16.0. The van der Waals surface area contributed by atoms with Crippen molar-refractivity contribution in [3.63, 3.8) is 0 Å². The molecule has 0 heterocycles. The summed E-state index contributed by atoms with van der Waals surface area (Å²) in [6.45, 7) is 18.9. The normalized spacial score (nSPS) is 17.6. The second-order valence-corrected chi connectivity index (χ2v) is 7.05. The van der Waals surface area contributed by atoms with Crippen LogP contribution in [-0.4, -0.2) is 13.1 Å². The van der Waals surface area contributed by atoms with Gasteiger partial charge >= 0.3 is 0 Å². The summed E-state index contributed by atoms with van der Waals surface area (Å²) in [6, 6.07) is 0.581. The molecule has 0 fully saturated rings. The predicted molar refractivity (Wildman–Crippen MR) is 74.7 cm³/mol. The van der Waals surface area contributed by atoms with Crippen LogP contribution in [0.4, 0.5) is 0 Å². The molecule has 0 aromatic carbocycles. The van der Waals surface area contributed by atoms with Crippen LogP contribution in [0.15, 0.2) is 0 Å². The van der Waals surface area contributed by atoms with Gasteiger partial charge in [0.05, 0.1) is 0 Å². The molecule has 0 rings (SSSR count). The maximum atomic E-state index is 3.58. The topological polar surface area (TPSA) is 12.0 Å². The van der Waals surface area contributed by atoms with Crippen LogP contribution in [0.25, 0.3) is 0 Å². The van der Waals surface area contributed by atoms with Gasteiger partial charge in [0.15, 0.2) is 0 Å². The molecule has 0 spiro atoms. The smallest absolute Gasteiger partial charge is 0.0151 e. The fourth-order valence-corrected chi connectivity index (χ4v) is 2.67. The Morgan fingerprint density at radius 3 is 1.62 bits per heavy atom. The molecule has 0 aromatic rings. The molecule has 1 heteroatoms. The Morgan fingerprint density at radius 1 is 1.00 bits per heavy atom. The molecule has 0 amide bonds. The summed E-state index contributed by atoms with van der Waals surface area (Å²) in [5, 5.41) is 3.58. The van der Waals surface area contributed by atoms with Crippen LogP contribution in [0.2, 0.25) is 0 Å². The van der Waals surface area contributed by atoms with E-state index in [0.29, 0.717) is 16.9 Å². The minimum atomic E-state index is 0.298. The third-order valence-corrected chi connectivity index (χ3v) is 4.78. The van der Waals surface area contributed by atoms with E-state index in [-0.39, 0.29) is 0 Å². The second kappa shape index (κ2) is 5.53. The molecule has 1 nitrogen and oxygen atoms in total. The molecule has 98 valence electrons. The number of hydrogen-bond acceptors (Lipinski definition) is 1. The molecule has 0 saturated carbocycles. The minimum Gasteiger partial charge on any atom is -0.316 e.